The van der Waals surface area contributed by atoms with E-state index in [9.17, 15) is 9.59 Å². The Hall–Kier alpha value is -3.36. The number of hydrogen-bond donors (Lipinski definition) is 1. The second-order valence-corrected chi connectivity index (χ2v) is 11.1. The largest absolute Gasteiger partial charge is 0.481 e. The lowest BCUT2D eigenvalue weighted by Gasteiger charge is -2.22. The van der Waals surface area contributed by atoms with E-state index in [1.165, 1.54) is 0 Å². The molecule has 8 heteroatoms. The fourth-order valence-corrected chi connectivity index (χ4v) is 5.58. The quantitative estimate of drug-likeness (QED) is 0.226. The molecular formula is C30H25Br2N3O3. The predicted octanol–water partition coefficient (Wildman–Crippen LogP) is 7.67. The van der Waals surface area contributed by atoms with E-state index in [-0.39, 0.29) is 31.2 Å². The van der Waals surface area contributed by atoms with Crippen molar-refractivity contribution in [3.8, 4) is 11.1 Å². The van der Waals surface area contributed by atoms with Gasteiger partial charge in [-0.25, -0.2) is 5.01 Å². The van der Waals surface area contributed by atoms with Crippen molar-refractivity contribution in [1.29, 1.82) is 0 Å². The molecule has 1 atom stereocenters. The Morgan fingerprint density at radius 2 is 1.66 bits per heavy atom. The topological polar surface area (TPSA) is 82.9 Å². The van der Waals surface area contributed by atoms with Gasteiger partial charge in [0.05, 0.1) is 17.3 Å². The smallest absolute Gasteiger partial charge is 0.303 e. The monoisotopic (exact) mass is 633 g/mol. The Bertz CT molecular complexity index is 1550. The Kier molecular flexibility index (Phi) is 7.72. The molecular weight excluding hydrogens is 610 g/mol. The second-order valence-electron chi connectivity index (χ2n) is 9.28. The summed E-state index contributed by atoms with van der Waals surface area (Å²) in [7, 11) is 0. The summed E-state index contributed by atoms with van der Waals surface area (Å²) >= 11 is 7.11. The molecule has 1 aromatic heterocycles. The Morgan fingerprint density at radius 3 is 2.37 bits per heavy atom. The Labute approximate surface area is 237 Å². The summed E-state index contributed by atoms with van der Waals surface area (Å²) in [5.41, 5.74) is 6.48. The van der Waals surface area contributed by atoms with Gasteiger partial charge in [0.1, 0.15) is 0 Å². The first kappa shape index (κ1) is 26.3. The van der Waals surface area contributed by atoms with Crippen molar-refractivity contribution in [1.82, 2.24) is 9.99 Å². The van der Waals surface area contributed by atoms with Crippen LogP contribution in [0.5, 0.6) is 0 Å². The summed E-state index contributed by atoms with van der Waals surface area (Å²) in [5, 5.41) is 16.5. The molecule has 5 rings (SSSR count). The number of carboxylic acids is 1. The molecule has 0 aliphatic carbocycles. The molecule has 38 heavy (non-hydrogen) atoms. The number of aromatic nitrogens is 1. The number of benzene rings is 3. The molecule has 0 saturated carbocycles. The van der Waals surface area contributed by atoms with Crippen LogP contribution in [-0.2, 0) is 9.59 Å². The third-order valence-corrected chi connectivity index (χ3v) is 7.70. The first-order valence-electron chi connectivity index (χ1n) is 12.3. The molecule has 192 valence electrons. The standard InChI is InChI=1S/C30H25Br2N3O3/c1-18-29(30(20-6-3-2-4-7-20)23-16-22(32)14-15-24(23)33-18)25-17-26(19-10-12-21(31)13-11-19)35(34-25)27(36)8-5-9-28(37)38/h2-4,6-7,10-16,26H,5,8-9,17H2,1H3,(H,37,38). The number of pyridine rings is 1. The van der Waals surface area contributed by atoms with Gasteiger partial charge in [-0.3, -0.25) is 14.6 Å². The van der Waals surface area contributed by atoms with Crippen molar-refractivity contribution in [3.63, 3.8) is 0 Å². The third kappa shape index (κ3) is 5.42. The summed E-state index contributed by atoms with van der Waals surface area (Å²) in [6, 6.07) is 23.8. The summed E-state index contributed by atoms with van der Waals surface area (Å²) < 4.78 is 1.90. The number of hydrazone groups is 1. The van der Waals surface area contributed by atoms with Gasteiger partial charge in [-0.05, 0) is 54.8 Å². The van der Waals surface area contributed by atoms with E-state index < -0.39 is 5.97 Å². The first-order valence-corrected chi connectivity index (χ1v) is 13.9. The van der Waals surface area contributed by atoms with E-state index in [1.807, 2.05) is 61.5 Å². The molecule has 1 aliphatic heterocycles. The van der Waals surface area contributed by atoms with E-state index in [0.717, 1.165) is 53.5 Å². The van der Waals surface area contributed by atoms with Gasteiger partial charge in [0.2, 0.25) is 5.91 Å². The molecule has 4 aromatic rings. The maximum atomic E-state index is 13.3. The van der Waals surface area contributed by atoms with Crippen LogP contribution in [0, 0.1) is 6.92 Å². The van der Waals surface area contributed by atoms with Gasteiger partial charge < -0.3 is 5.11 Å². The lowest BCUT2D eigenvalue weighted by molar-refractivity contribution is -0.137. The molecule has 3 aromatic carbocycles. The van der Waals surface area contributed by atoms with Gasteiger partial charge in [0, 0.05) is 50.4 Å². The number of carboxylic acid groups (broad SMARTS) is 1. The van der Waals surface area contributed by atoms with Gasteiger partial charge in [-0.2, -0.15) is 5.10 Å². The molecule has 0 fully saturated rings. The minimum absolute atomic E-state index is 0.0557. The number of halogens is 2. The maximum Gasteiger partial charge on any atom is 0.303 e. The Balaban J connectivity index is 1.65. The number of fused-ring (bicyclic) bond motifs is 1. The molecule has 2 heterocycles. The predicted molar refractivity (Wildman–Crippen MR) is 156 cm³/mol. The third-order valence-electron chi connectivity index (χ3n) is 6.68. The van der Waals surface area contributed by atoms with Gasteiger partial charge in [-0.15, -0.1) is 0 Å². The highest BCUT2D eigenvalue weighted by Gasteiger charge is 2.35. The van der Waals surface area contributed by atoms with Crippen LogP contribution in [0.25, 0.3) is 22.0 Å². The number of nitrogens with zero attached hydrogens (tertiary/aromatic N) is 3. The summed E-state index contributed by atoms with van der Waals surface area (Å²) in [5.74, 6) is -1.10. The molecule has 1 aliphatic rings. The number of carbonyl (C=O) groups is 2. The van der Waals surface area contributed by atoms with Crippen LogP contribution in [0.4, 0.5) is 0 Å². The van der Waals surface area contributed by atoms with Crippen molar-refractivity contribution in [2.75, 3.05) is 0 Å². The molecule has 1 amide bonds. The number of hydrogen-bond acceptors (Lipinski definition) is 4. The number of amides is 1. The molecule has 0 saturated heterocycles. The average molecular weight is 635 g/mol. The Morgan fingerprint density at radius 1 is 0.947 bits per heavy atom. The molecule has 0 bridgehead atoms. The highest BCUT2D eigenvalue weighted by Crippen LogP contribution is 2.40. The van der Waals surface area contributed by atoms with Crippen LogP contribution in [0.2, 0.25) is 0 Å². The van der Waals surface area contributed by atoms with Crippen molar-refractivity contribution < 1.29 is 14.7 Å². The highest BCUT2D eigenvalue weighted by atomic mass is 79.9. The molecule has 0 spiro atoms. The van der Waals surface area contributed by atoms with Gasteiger partial charge in [0.15, 0.2) is 0 Å². The molecule has 6 nitrogen and oxygen atoms in total. The van der Waals surface area contributed by atoms with Gasteiger partial charge in [-0.1, -0.05) is 74.3 Å². The number of aryl methyl sites for hydroxylation is 1. The van der Waals surface area contributed by atoms with Crippen molar-refractivity contribution in [2.45, 2.75) is 38.6 Å². The summed E-state index contributed by atoms with van der Waals surface area (Å²) in [4.78, 5) is 29.3. The van der Waals surface area contributed by atoms with Crippen LogP contribution in [-0.4, -0.2) is 32.7 Å². The average Bonchev–Trinajstić information content (AvgIpc) is 3.34. The zero-order valence-corrected chi connectivity index (χ0v) is 23.9. The number of carbonyl (C=O) groups excluding carboxylic acids is 1. The first-order chi connectivity index (χ1) is 18.3. The summed E-state index contributed by atoms with van der Waals surface area (Å²) in [6.45, 7) is 1.98. The maximum absolute atomic E-state index is 13.3. The minimum atomic E-state index is -0.913. The fraction of sp³-hybridized carbons (Fsp3) is 0.200. The van der Waals surface area contributed by atoms with Crippen LogP contribution in [0.1, 0.15) is 48.5 Å². The van der Waals surface area contributed by atoms with E-state index in [0.29, 0.717) is 6.42 Å². The van der Waals surface area contributed by atoms with Crippen molar-refractivity contribution >= 4 is 60.4 Å². The van der Waals surface area contributed by atoms with Crippen LogP contribution in [0.3, 0.4) is 0 Å². The van der Waals surface area contributed by atoms with Gasteiger partial charge in [0.25, 0.3) is 0 Å². The lowest BCUT2D eigenvalue weighted by atomic mass is 9.89. The van der Waals surface area contributed by atoms with Crippen molar-refractivity contribution in [2.24, 2.45) is 5.10 Å². The molecule has 0 radical (unpaired) electrons. The molecule has 1 N–H and O–H groups in total. The number of aliphatic carboxylic acids is 1. The van der Waals surface area contributed by atoms with Crippen molar-refractivity contribution in [3.05, 3.63) is 98.6 Å². The zero-order chi connectivity index (χ0) is 26.8. The van der Waals surface area contributed by atoms with Crippen LogP contribution < -0.4 is 0 Å². The van der Waals surface area contributed by atoms with Gasteiger partial charge >= 0.3 is 5.97 Å². The summed E-state index contributed by atoms with van der Waals surface area (Å²) in [6.07, 6.45) is 0.847. The second kappa shape index (κ2) is 11.2. The van der Waals surface area contributed by atoms with E-state index in [4.69, 9.17) is 15.2 Å². The van der Waals surface area contributed by atoms with E-state index >= 15 is 0 Å². The SMILES string of the molecule is Cc1nc2ccc(Br)cc2c(-c2ccccc2)c1C1=NN(C(=O)CCCC(=O)O)C(c2ccc(Br)cc2)C1. The van der Waals surface area contributed by atoms with E-state index in [1.54, 1.807) is 5.01 Å². The molecule has 1 unspecified atom stereocenters. The lowest BCUT2D eigenvalue weighted by Crippen LogP contribution is -2.27. The highest BCUT2D eigenvalue weighted by molar-refractivity contribution is 9.10. The number of rotatable bonds is 7. The fourth-order valence-electron chi connectivity index (χ4n) is 4.96. The van der Waals surface area contributed by atoms with Crippen LogP contribution >= 0.6 is 31.9 Å². The zero-order valence-electron chi connectivity index (χ0n) is 20.7. The van der Waals surface area contributed by atoms with Crippen LogP contribution in [0.15, 0.2) is 86.8 Å². The normalized spacial score (nSPS) is 15.1. The van der Waals surface area contributed by atoms with E-state index in [2.05, 4.69) is 50.1 Å². The minimum Gasteiger partial charge on any atom is -0.481 e.